The molecule has 0 radical (unpaired) electrons. The van der Waals surface area contributed by atoms with Gasteiger partial charge in [-0.3, -0.25) is 0 Å². The van der Waals surface area contributed by atoms with Crippen LogP contribution < -0.4 is 11.1 Å². The van der Waals surface area contributed by atoms with Crippen LogP contribution >= 0.6 is 0 Å². The first-order valence-electron chi connectivity index (χ1n) is 5.72. The monoisotopic (exact) mass is 281 g/mol. The number of benzene rings is 1. The number of hydrogen-bond donors (Lipinski definition) is 3. The Balaban J connectivity index is 2.07. The number of nitrogens with zero attached hydrogens (tertiary/aromatic N) is 1. The summed E-state index contributed by atoms with van der Waals surface area (Å²) in [6.07, 6.45) is 1.63. The van der Waals surface area contributed by atoms with Crippen LogP contribution in [0, 0.1) is 0 Å². The molecule has 0 amide bonds. The lowest BCUT2D eigenvalue weighted by Gasteiger charge is -2.12. The maximum atomic E-state index is 11.3. The van der Waals surface area contributed by atoms with Crippen molar-refractivity contribution in [1.29, 1.82) is 0 Å². The summed E-state index contributed by atoms with van der Waals surface area (Å²) in [6.45, 7) is 0.441. The largest absolute Gasteiger partial charge is 0.409 e. The minimum Gasteiger partial charge on any atom is -0.409 e. The Morgan fingerprint density at radius 1 is 1.47 bits per heavy atom. The molecule has 1 aliphatic rings. The van der Waals surface area contributed by atoms with Gasteiger partial charge in [-0.2, -0.15) is 0 Å². The van der Waals surface area contributed by atoms with Gasteiger partial charge in [-0.15, -0.1) is 0 Å². The predicted molar refractivity (Wildman–Crippen MR) is 72.5 cm³/mol. The molecule has 19 heavy (non-hydrogen) atoms. The highest BCUT2D eigenvalue weighted by Crippen LogP contribution is 2.11. The van der Waals surface area contributed by atoms with E-state index in [2.05, 4.69) is 10.5 Å². The van der Waals surface area contributed by atoms with Crippen molar-refractivity contribution < 1.29 is 13.6 Å². The summed E-state index contributed by atoms with van der Waals surface area (Å²) < 4.78 is 22.5. The molecule has 0 aliphatic carbocycles. The molecule has 4 N–H and O–H groups in total. The Kier molecular flexibility index (Phi) is 3.87. The SMILES string of the molecule is NC(=NO)c1ccccc1CNC1C=CS(=O)(=O)C1. The fourth-order valence-electron chi connectivity index (χ4n) is 1.92. The summed E-state index contributed by atoms with van der Waals surface area (Å²) in [5, 5.41) is 16.0. The third kappa shape index (κ3) is 3.33. The molecule has 102 valence electrons. The summed E-state index contributed by atoms with van der Waals surface area (Å²) in [6, 6.07) is 7.01. The summed E-state index contributed by atoms with van der Waals surface area (Å²) in [5.74, 6) is 0.102. The standard InChI is InChI=1S/C12H15N3O3S/c13-12(15-16)11-4-2-1-3-9(11)7-14-10-5-6-19(17,18)8-10/h1-6,10,14,16H,7-8H2,(H2,13,15). The highest BCUT2D eigenvalue weighted by Gasteiger charge is 2.21. The van der Waals surface area contributed by atoms with E-state index in [-0.39, 0.29) is 17.6 Å². The molecule has 0 aromatic heterocycles. The zero-order valence-electron chi connectivity index (χ0n) is 10.2. The van der Waals surface area contributed by atoms with Crippen LogP contribution in [-0.2, 0) is 16.4 Å². The third-order valence-corrected chi connectivity index (χ3v) is 4.28. The molecule has 0 fully saturated rings. The zero-order valence-corrected chi connectivity index (χ0v) is 11.0. The average molecular weight is 281 g/mol. The van der Waals surface area contributed by atoms with Gasteiger partial charge >= 0.3 is 0 Å². The van der Waals surface area contributed by atoms with Crippen molar-refractivity contribution in [2.75, 3.05) is 5.75 Å². The lowest BCUT2D eigenvalue weighted by molar-refractivity contribution is 0.318. The molecule has 6 nitrogen and oxygen atoms in total. The zero-order chi connectivity index (χ0) is 13.9. The first-order chi connectivity index (χ1) is 9.02. The van der Waals surface area contributed by atoms with Gasteiger partial charge in [0, 0.05) is 23.6 Å². The second kappa shape index (κ2) is 5.41. The molecule has 1 heterocycles. The van der Waals surface area contributed by atoms with Crippen molar-refractivity contribution in [3.05, 3.63) is 46.9 Å². The van der Waals surface area contributed by atoms with E-state index < -0.39 is 9.84 Å². The third-order valence-electron chi connectivity index (χ3n) is 2.89. The summed E-state index contributed by atoms with van der Waals surface area (Å²) in [5.41, 5.74) is 7.05. The maximum Gasteiger partial charge on any atom is 0.173 e. The van der Waals surface area contributed by atoms with Crippen molar-refractivity contribution in [3.8, 4) is 0 Å². The Bertz CT molecular complexity index is 623. The topological polar surface area (TPSA) is 105 Å². The highest BCUT2D eigenvalue weighted by atomic mass is 32.2. The quantitative estimate of drug-likeness (QED) is 0.316. The number of rotatable bonds is 4. The van der Waals surface area contributed by atoms with Crippen LogP contribution in [0.15, 0.2) is 40.9 Å². The smallest absolute Gasteiger partial charge is 0.173 e. The lowest BCUT2D eigenvalue weighted by Crippen LogP contribution is -2.30. The van der Waals surface area contributed by atoms with Crippen molar-refractivity contribution in [3.63, 3.8) is 0 Å². The molecule has 0 bridgehead atoms. The second-order valence-corrected chi connectivity index (χ2v) is 6.22. The van der Waals surface area contributed by atoms with E-state index in [0.717, 1.165) is 5.56 Å². The van der Waals surface area contributed by atoms with Gasteiger partial charge < -0.3 is 16.3 Å². The minimum atomic E-state index is -3.06. The van der Waals surface area contributed by atoms with E-state index in [1.807, 2.05) is 12.1 Å². The molecular weight excluding hydrogens is 266 g/mol. The van der Waals surface area contributed by atoms with E-state index >= 15 is 0 Å². The molecule has 1 atom stereocenters. The van der Waals surface area contributed by atoms with Gasteiger partial charge in [-0.1, -0.05) is 35.5 Å². The Labute approximate surface area is 111 Å². The molecule has 1 unspecified atom stereocenters. The van der Waals surface area contributed by atoms with Gasteiger partial charge in [0.15, 0.2) is 15.7 Å². The van der Waals surface area contributed by atoms with Crippen LogP contribution in [0.5, 0.6) is 0 Å². The molecule has 0 spiro atoms. The molecule has 0 saturated carbocycles. The van der Waals surface area contributed by atoms with Gasteiger partial charge in [0.1, 0.15) is 0 Å². The molecule has 7 heteroatoms. The van der Waals surface area contributed by atoms with E-state index in [1.54, 1.807) is 18.2 Å². The average Bonchev–Trinajstić information content (AvgIpc) is 2.75. The minimum absolute atomic E-state index is 0.0342. The van der Waals surface area contributed by atoms with E-state index in [1.165, 1.54) is 5.41 Å². The van der Waals surface area contributed by atoms with Crippen LogP contribution in [0.3, 0.4) is 0 Å². The molecule has 1 aromatic carbocycles. The number of nitrogens with one attached hydrogen (secondary N) is 1. The normalized spacial score (nSPS) is 21.7. The Hall–Kier alpha value is -1.86. The highest BCUT2D eigenvalue weighted by molar-refractivity contribution is 7.94. The summed E-state index contributed by atoms with van der Waals surface area (Å²) in [4.78, 5) is 0. The van der Waals surface area contributed by atoms with Crippen molar-refractivity contribution >= 4 is 15.7 Å². The van der Waals surface area contributed by atoms with Gasteiger partial charge in [0.2, 0.25) is 0 Å². The van der Waals surface area contributed by atoms with Crippen LogP contribution in [-0.4, -0.2) is 31.3 Å². The maximum absolute atomic E-state index is 11.3. The number of oxime groups is 1. The van der Waals surface area contributed by atoms with Crippen molar-refractivity contribution in [1.82, 2.24) is 5.32 Å². The van der Waals surface area contributed by atoms with Crippen LogP contribution in [0.25, 0.3) is 0 Å². The fraction of sp³-hybridized carbons (Fsp3) is 0.250. The van der Waals surface area contributed by atoms with E-state index in [9.17, 15) is 8.42 Å². The van der Waals surface area contributed by atoms with Crippen molar-refractivity contribution in [2.24, 2.45) is 10.9 Å². The lowest BCUT2D eigenvalue weighted by atomic mass is 10.1. The Morgan fingerprint density at radius 2 is 2.21 bits per heavy atom. The molecule has 0 saturated heterocycles. The van der Waals surface area contributed by atoms with Gasteiger partial charge in [0.05, 0.1) is 5.75 Å². The van der Waals surface area contributed by atoms with Crippen LogP contribution in [0.1, 0.15) is 11.1 Å². The van der Waals surface area contributed by atoms with Gasteiger partial charge in [-0.05, 0) is 5.56 Å². The number of amidine groups is 1. The number of hydrogen-bond acceptors (Lipinski definition) is 5. The predicted octanol–water partition coefficient (Wildman–Crippen LogP) is 0.181. The Morgan fingerprint density at radius 3 is 2.84 bits per heavy atom. The van der Waals surface area contributed by atoms with Crippen LogP contribution in [0.2, 0.25) is 0 Å². The number of sulfone groups is 1. The first-order valence-corrected chi connectivity index (χ1v) is 7.43. The van der Waals surface area contributed by atoms with E-state index in [0.29, 0.717) is 12.1 Å². The molecular formula is C12H15N3O3S. The second-order valence-electron chi connectivity index (χ2n) is 4.29. The summed E-state index contributed by atoms with van der Waals surface area (Å²) >= 11 is 0. The van der Waals surface area contributed by atoms with Crippen molar-refractivity contribution in [2.45, 2.75) is 12.6 Å². The molecule has 1 aliphatic heterocycles. The number of nitrogens with two attached hydrogens (primary N) is 1. The molecule has 1 aromatic rings. The van der Waals surface area contributed by atoms with Crippen LogP contribution in [0.4, 0.5) is 0 Å². The molecule has 2 rings (SSSR count). The first kappa shape index (κ1) is 13.6. The fourth-order valence-corrected chi connectivity index (χ4v) is 3.19. The summed E-state index contributed by atoms with van der Waals surface area (Å²) in [7, 11) is -3.06. The van der Waals surface area contributed by atoms with E-state index in [4.69, 9.17) is 10.9 Å². The van der Waals surface area contributed by atoms with Gasteiger partial charge in [0.25, 0.3) is 0 Å². The van der Waals surface area contributed by atoms with Gasteiger partial charge in [-0.25, -0.2) is 8.42 Å².